The minimum absolute atomic E-state index is 0.0643. The molecule has 3 aromatic heterocycles. The number of hydrogen-bond donors (Lipinski definition) is 4. The largest absolute Gasteiger partial charge is 0.455 e. The van der Waals surface area contributed by atoms with Gasteiger partial charge in [-0.1, -0.05) is 6.07 Å². The summed E-state index contributed by atoms with van der Waals surface area (Å²) in [5.74, 6) is 0.124. The third kappa shape index (κ3) is 3.13. The Labute approximate surface area is 157 Å². The summed E-state index contributed by atoms with van der Waals surface area (Å²) in [6, 6.07) is 3.93. The Morgan fingerprint density at radius 2 is 2.19 bits per heavy atom. The van der Waals surface area contributed by atoms with Crippen LogP contribution in [0.15, 0.2) is 23.8 Å². The van der Waals surface area contributed by atoms with E-state index in [0.29, 0.717) is 11.2 Å². The molecule has 3 unspecified atom stereocenters. The summed E-state index contributed by atoms with van der Waals surface area (Å²) in [7, 11) is 0. The van der Waals surface area contributed by atoms with E-state index in [1.165, 1.54) is 10.9 Å². The summed E-state index contributed by atoms with van der Waals surface area (Å²) in [5, 5.41) is 31.5. The number of aliphatic hydroxyl groups is 3. The first kappa shape index (κ1) is 18.1. The second-order valence-electron chi connectivity index (χ2n) is 6.22. The molecule has 0 bridgehead atoms. The Balaban J connectivity index is 1.68. The predicted octanol–water partition coefficient (Wildman–Crippen LogP) is 0.222. The maximum absolute atomic E-state index is 10.3. The highest BCUT2D eigenvalue weighted by Crippen LogP contribution is 2.33. The van der Waals surface area contributed by atoms with Gasteiger partial charge < -0.3 is 30.5 Å². The van der Waals surface area contributed by atoms with Crippen LogP contribution in [0.3, 0.4) is 0 Å². The maximum atomic E-state index is 10.3. The number of fused-ring (bicyclic) bond motifs is 1. The lowest BCUT2D eigenvalue weighted by molar-refractivity contribution is -0.0511. The fraction of sp³-hybridized carbons (Fsp3) is 0.438. The van der Waals surface area contributed by atoms with E-state index >= 15 is 0 Å². The molecule has 0 saturated carbocycles. The van der Waals surface area contributed by atoms with Gasteiger partial charge in [-0.25, -0.2) is 4.98 Å². The summed E-state index contributed by atoms with van der Waals surface area (Å²) >= 11 is 1.55. The molecule has 0 spiro atoms. The number of imidazole rings is 1. The summed E-state index contributed by atoms with van der Waals surface area (Å²) in [6.07, 6.45) is -3.25. The van der Waals surface area contributed by atoms with E-state index in [1.807, 2.05) is 24.4 Å². The van der Waals surface area contributed by atoms with Crippen LogP contribution in [-0.2, 0) is 4.74 Å². The molecule has 11 heteroatoms. The van der Waals surface area contributed by atoms with E-state index < -0.39 is 31.1 Å². The van der Waals surface area contributed by atoms with Crippen molar-refractivity contribution in [3.63, 3.8) is 0 Å². The molecule has 0 aliphatic carbocycles. The highest BCUT2D eigenvalue weighted by Gasteiger charge is 2.44. The molecule has 0 aromatic carbocycles. The molecule has 3 aromatic rings. The fourth-order valence-corrected chi connectivity index (χ4v) is 3.72. The average Bonchev–Trinajstić information content (AvgIpc) is 3.36. The van der Waals surface area contributed by atoms with E-state index in [-0.39, 0.29) is 17.9 Å². The van der Waals surface area contributed by atoms with Gasteiger partial charge in [-0.2, -0.15) is 9.97 Å². The van der Waals surface area contributed by atoms with Crippen molar-refractivity contribution in [3.8, 4) is 6.01 Å². The third-order valence-corrected chi connectivity index (χ3v) is 5.48. The minimum Gasteiger partial charge on any atom is -0.455 e. The number of aliphatic hydroxyl groups excluding tert-OH is 3. The van der Waals surface area contributed by atoms with Gasteiger partial charge in [0.05, 0.1) is 12.9 Å². The number of ether oxygens (including phenoxy) is 2. The smallest absolute Gasteiger partial charge is 0.321 e. The van der Waals surface area contributed by atoms with Crippen LogP contribution in [0.1, 0.15) is 24.1 Å². The number of aromatic nitrogens is 4. The number of nitrogens with two attached hydrogens (primary N) is 1. The topological polar surface area (TPSA) is 149 Å². The standard InChI is InChI=1S/C16H19N5O5S/c1-7(9-3-2-4-27-9)25-16-19-13(17)10-14(20-16)21(6-18-10)15-12(24)11(23)8(5-22)26-15/h2-4,6-8,11-12,15,22-24H,5H2,1H3,(H2,17,19,20)/t7?,8-,11?,12?,15-/m1/s1. The van der Waals surface area contributed by atoms with Crippen LogP contribution in [0.25, 0.3) is 11.2 Å². The van der Waals surface area contributed by atoms with Crippen LogP contribution in [0, 0.1) is 0 Å². The SMILES string of the molecule is CC(Oc1nc(N)c2ncn([C@@H]3O[C@H](CO)C(O)C3O)c2n1)c1cccs1. The first-order valence-corrected chi connectivity index (χ1v) is 9.20. The fourth-order valence-electron chi connectivity index (χ4n) is 3.01. The molecule has 144 valence electrons. The molecular formula is C16H19N5O5S. The zero-order chi connectivity index (χ0) is 19.1. The number of hydrogen-bond acceptors (Lipinski definition) is 10. The van der Waals surface area contributed by atoms with Crippen molar-refractivity contribution in [1.29, 1.82) is 0 Å². The number of rotatable bonds is 5. The predicted molar refractivity (Wildman–Crippen MR) is 96.1 cm³/mol. The van der Waals surface area contributed by atoms with Crippen molar-refractivity contribution in [2.75, 3.05) is 12.3 Å². The quantitative estimate of drug-likeness (QED) is 0.477. The van der Waals surface area contributed by atoms with Gasteiger partial charge in [0.1, 0.15) is 24.4 Å². The van der Waals surface area contributed by atoms with Crippen LogP contribution < -0.4 is 10.5 Å². The van der Waals surface area contributed by atoms with Gasteiger partial charge in [0.25, 0.3) is 0 Å². The number of nitrogen functional groups attached to an aromatic ring is 1. The number of anilines is 1. The lowest BCUT2D eigenvalue weighted by atomic mass is 10.1. The Morgan fingerprint density at radius 1 is 1.37 bits per heavy atom. The molecule has 1 aliphatic rings. The van der Waals surface area contributed by atoms with Crippen molar-refractivity contribution in [3.05, 3.63) is 28.7 Å². The number of nitrogens with zero attached hydrogens (tertiary/aromatic N) is 4. The zero-order valence-electron chi connectivity index (χ0n) is 14.3. The molecule has 1 saturated heterocycles. The first-order chi connectivity index (χ1) is 13.0. The van der Waals surface area contributed by atoms with E-state index in [4.69, 9.17) is 15.2 Å². The van der Waals surface area contributed by atoms with E-state index in [9.17, 15) is 15.3 Å². The van der Waals surface area contributed by atoms with Crippen LogP contribution in [0.5, 0.6) is 6.01 Å². The molecular weight excluding hydrogens is 374 g/mol. The molecule has 27 heavy (non-hydrogen) atoms. The molecule has 1 fully saturated rings. The lowest BCUT2D eigenvalue weighted by Gasteiger charge is -2.17. The zero-order valence-corrected chi connectivity index (χ0v) is 15.2. The van der Waals surface area contributed by atoms with Gasteiger partial charge in [-0.3, -0.25) is 4.57 Å². The third-order valence-electron chi connectivity index (χ3n) is 4.45. The van der Waals surface area contributed by atoms with Crippen LogP contribution in [-0.4, -0.2) is 59.8 Å². The van der Waals surface area contributed by atoms with Crippen molar-refractivity contribution >= 4 is 28.3 Å². The van der Waals surface area contributed by atoms with Crippen molar-refractivity contribution < 1.29 is 24.8 Å². The Kier molecular flexibility index (Phi) is 4.70. The summed E-state index contributed by atoms with van der Waals surface area (Å²) in [6.45, 7) is 1.45. The molecule has 1 aliphatic heterocycles. The molecule has 4 heterocycles. The summed E-state index contributed by atoms with van der Waals surface area (Å²) in [5.41, 5.74) is 6.60. The molecule has 4 rings (SSSR count). The second kappa shape index (κ2) is 7.02. The Hall–Kier alpha value is -2.31. The Morgan fingerprint density at radius 3 is 2.85 bits per heavy atom. The van der Waals surface area contributed by atoms with Crippen molar-refractivity contribution in [1.82, 2.24) is 19.5 Å². The van der Waals surface area contributed by atoms with Gasteiger partial charge in [-0.15, -0.1) is 11.3 Å². The van der Waals surface area contributed by atoms with Crippen molar-refractivity contribution in [2.24, 2.45) is 0 Å². The first-order valence-electron chi connectivity index (χ1n) is 8.32. The second-order valence-corrected chi connectivity index (χ2v) is 7.20. The highest BCUT2D eigenvalue weighted by atomic mass is 32.1. The average molecular weight is 393 g/mol. The van der Waals surface area contributed by atoms with Crippen molar-refractivity contribution in [2.45, 2.75) is 37.6 Å². The minimum atomic E-state index is -1.26. The van der Waals surface area contributed by atoms with Gasteiger partial charge in [0, 0.05) is 4.88 Å². The molecule has 5 N–H and O–H groups in total. The van der Waals surface area contributed by atoms with Gasteiger partial charge in [0.2, 0.25) is 0 Å². The van der Waals surface area contributed by atoms with Crippen LogP contribution >= 0.6 is 11.3 Å². The summed E-state index contributed by atoms with van der Waals surface area (Å²) in [4.78, 5) is 13.7. The molecule has 5 atom stereocenters. The van der Waals surface area contributed by atoms with Gasteiger partial charge in [-0.05, 0) is 18.4 Å². The van der Waals surface area contributed by atoms with E-state index in [2.05, 4.69) is 15.0 Å². The van der Waals surface area contributed by atoms with Crippen LogP contribution in [0.2, 0.25) is 0 Å². The number of thiophene rings is 1. The normalized spacial score (nSPS) is 26.5. The van der Waals surface area contributed by atoms with Gasteiger partial charge in [0.15, 0.2) is 23.2 Å². The monoisotopic (exact) mass is 393 g/mol. The summed E-state index contributed by atoms with van der Waals surface area (Å²) < 4.78 is 12.8. The van der Waals surface area contributed by atoms with Crippen LogP contribution in [0.4, 0.5) is 5.82 Å². The highest BCUT2D eigenvalue weighted by molar-refractivity contribution is 7.10. The molecule has 0 radical (unpaired) electrons. The van der Waals surface area contributed by atoms with E-state index in [1.54, 1.807) is 11.3 Å². The lowest BCUT2D eigenvalue weighted by Crippen LogP contribution is -2.33. The molecule has 0 amide bonds. The van der Waals surface area contributed by atoms with E-state index in [0.717, 1.165) is 4.88 Å². The maximum Gasteiger partial charge on any atom is 0.321 e. The Bertz CT molecular complexity index is 933. The van der Waals surface area contributed by atoms with Gasteiger partial charge >= 0.3 is 6.01 Å². The molecule has 10 nitrogen and oxygen atoms in total.